The Morgan fingerprint density at radius 1 is 1.33 bits per heavy atom. The third-order valence-corrected chi connectivity index (χ3v) is 2.80. The summed E-state index contributed by atoms with van der Waals surface area (Å²) in [6, 6.07) is 5.80. The number of carbonyl (C=O) groups excluding carboxylic acids is 1. The summed E-state index contributed by atoms with van der Waals surface area (Å²) >= 11 is 0. The lowest BCUT2D eigenvalue weighted by Gasteiger charge is -2.08. The zero-order chi connectivity index (χ0) is 11.4. The lowest BCUT2D eigenvalue weighted by atomic mass is 9.99. The maximum Gasteiger partial charge on any atom is 0.164 e. The molecule has 0 saturated heterocycles. The molecule has 0 spiro atoms. The van der Waals surface area contributed by atoms with Crippen molar-refractivity contribution in [3.05, 3.63) is 34.9 Å². The van der Waals surface area contributed by atoms with E-state index in [1.165, 1.54) is 5.56 Å². The quantitative estimate of drug-likeness (QED) is 0.768. The van der Waals surface area contributed by atoms with Crippen LogP contribution in [0.2, 0.25) is 0 Å². The van der Waals surface area contributed by atoms with Crippen LogP contribution in [0.3, 0.4) is 0 Å². The Bertz CT molecular complexity index is 358. The summed E-state index contributed by atoms with van der Waals surface area (Å²) in [7, 11) is 0. The van der Waals surface area contributed by atoms with Crippen LogP contribution in [0.1, 0.15) is 41.3 Å². The number of ketones is 1. The molecule has 0 amide bonds. The predicted octanol–water partition coefficient (Wildman–Crippen LogP) is 2.61. The highest BCUT2D eigenvalue weighted by atomic mass is 16.1. The van der Waals surface area contributed by atoms with Gasteiger partial charge in [0.25, 0.3) is 0 Å². The molecule has 15 heavy (non-hydrogen) atoms. The zero-order valence-electron chi connectivity index (χ0n) is 9.71. The lowest BCUT2D eigenvalue weighted by molar-refractivity contribution is 0.0974. The van der Waals surface area contributed by atoms with Gasteiger partial charge in [0.05, 0.1) is 0 Å². The summed E-state index contributed by atoms with van der Waals surface area (Å²) in [5.41, 5.74) is 8.91. The summed E-state index contributed by atoms with van der Waals surface area (Å²) in [6.45, 7) is 6.06. The number of hydrogen-bond donors (Lipinski definition) is 1. The van der Waals surface area contributed by atoms with Crippen molar-refractivity contribution in [2.24, 2.45) is 5.73 Å². The van der Waals surface area contributed by atoms with Gasteiger partial charge in [0.2, 0.25) is 0 Å². The van der Waals surface area contributed by atoms with E-state index in [0.29, 0.717) is 6.42 Å². The van der Waals surface area contributed by atoms with Crippen LogP contribution in [-0.2, 0) is 0 Å². The van der Waals surface area contributed by atoms with Gasteiger partial charge >= 0.3 is 0 Å². The summed E-state index contributed by atoms with van der Waals surface area (Å²) < 4.78 is 0. The molecule has 2 heteroatoms. The van der Waals surface area contributed by atoms with Crippen LogP contribution in [-0.4, -0.2) is 11.8 Å². The molecule has 0 bridgehead atoms. The number of nitrogens with two attached hydrogens (primary N) is 1. The number of Topliss-reactive ketones (excluding diaryl/α,β-unsaturated/α-hetero) is 1. The Morgan fingerprint density at radius 2 is 2.00 bits per heavy atom. The van der Waals surface area contributed by atoms with E-state index in [2.05, 4.69) is 0 Å². The van der Waals surface area contributed by atoms with Crippen molar-refractivity contribution in [3.63, 3.8) is 0 Å². The molecule has 1 aromatic rings. The van der Waals surface area contributed by atoms with Gasteiger partial charge in [0.15, 0.2) is 5.78 Å². The Labute approximate surface area is 91.5 Å². The maximum absolute atomic E-state index is 11.8. The topological polar surface area (TPSA) is 43.1 Å². The maximum atomic E-state index is 11.8. The fraction of sp³-hybridized carbons (Fsp3) is 0.462. The first-order valence-electron chi connectivity index (χ1n) is 5.40. The van der Waals surface area contributed by atoms with Crippen molar-refractivity contribution in [2.75, 3.05) is 0 Å². The van der Waals surface area contributed by atoms with Crippen molar-refractivity contribution >= 4 is 5.78 Å². The van der Waals surface area contributed by atoms with Gasteiger partial charge in [-0.15, -0.1) is 0 Å². The molecule has 0 aliphatic heterocycles. The first-order chi connectivity index (χ1) is 7.04. The average Bonchev–Trinajstić information content (AvgIpc) is 2.21. The van der Waals surface area contributed by atoms with Gasteiger partial charge in [-0.3, -0.25) is 4.79 Å². The van der Waals surface area contributed by atoms with Crippen LogP contribution in [0, 0.1) is 13.8 Å². The molecule has 1 aromatic carbocycles. The van der Waals surface area contributed by atoms with Crippen molar-refractivity contribution < 1.29 is 4.79 Å². The van der Waals surface area contributed by atoms with E-state index in [0.717, 1.165) is 17.5 Å². The zero-order valence-corrected chi connectivity index (χ0v) is 9.71. The Morgan fingerprint density at radius 3 is 2.53 bits per heavy atom. The number of benzene rings is 1. The van der Waals surface area contributed by atoms with Gasteiger partial charge in [-0.2, -0.15) is 0 Å². The van der Waals surface area contributed by atoms with Gasteiger partial charge in [-0.1, -0.05) is 19.1 Å². The molecule has 0 aromatic heterocycles. The summed E-state index contributed by atoms with van der Waals surface area (Å²) in [6.07, 6.45) is 1.29. The first kappa shape index (κ1) is 11.9. The van der Waals surface area contributed by atoms with Gasteiger partial charge < -0.3 is 5.73 Å². The third-order valence-electron chi connectivity index (χ3n) is 2.80. The average molecular weight is 205 g/mol. The third kappa shape index (κ3) is 3.17. The largest absolute Gasteiger partial charge is 0.327 e. The van der Waals surface area contributed by atoms with Gasteiger partial charge in [0.1, 0.15) is 0 Å². The minimum absolute atomic E-state index is 0.0147. The van der Waals surface area contributed by atoms with E-state index >= 15 is 0 Å². The van der Waals surface area contributed by atoms with Gasteiger partial charge in [-0.25, -0.2) is 0 Å². The van der Waals surface area contributed by atoms with Crippen molar-refractivity contribution in [2.45, 2.75) is 39.7 Å². The number of hydrogen-bond acceptors (Lipinski definition) is 2. The minimum Gasteiger partial charge on any atom is -0.327 e. The highest BCUT2D eigenvalue weighted by Gasteiger charge is 2.10. The Kier molecular flexibility index (Phi) is 4.04. The van der Waals surface area contributed by atoms with Crippen molar-refractivity contribution in [1.82, 2.24) is 0 Å². The Balaban J connectivity index is 2.78. The number of carbonyl (C=O) groups is 1. The molecular formula is C13H19NO. The predicted molar refractivity (Wildman–Crippen MR) is 63.1 cm³/mol. The second-order valence-electron chi connectivity index (χ2n) is 4.09. The van der Waals surface area contributed by atoms with E-state index < -0.39 is 0 Å². The van der Waals surface area contributed by atoms with Crippen LogP contribution >= 0.6 is 0 Å². The summed E-state index contributed by atoms with van der Waals surface area (Å²) in [5, 5.41) is 0. The molecule has 2 nitrogen and oxygen atoms in total. The second kappa shape index (κ2) is 5.08. The molecule has 0 aliphatic rings. The molecule has 0 heterocycles. The molecule has 2 N–H and O–H groups in total. The highest BCUT2D eigenvalue weighted by molar-refractivity contribution is 5.96. The van der Waals surface area contributed by atoms with E-state index in [1.54, 1.807) is 0 Å². The molecule has 82 valence electrons. The van der Waals surface area contributed by atoms with Gasteiger partial charge in [-0.05, 0) is 37.5 Å². The monoisotopic (exact) mass is 205 g/mol. The number of rotatable bonds is 4. The molecular weight excluding hydrogens is 186 g/mol. The summed E-state index contributed by atoms with van der Waals surface area (Å²) in [4.78, 5) is 11.8. The van der Waals surface area contributed by atoms with E-state index in [1.807, 2.05) is 39.0 Å². The van der Waals surface area contributed by atoms with Crippen molar-refractivity contribution in [1.29, 1.82) is 0 Å². The van der Waals surface area contributed by atoms with Crippen molar-refractivity contribution in [3.8, 4) is 0 Å². The second-order valence-corrected chi connectivity index (χ2v) is 4.09. The summed E-state index contributed by atoms with van der Waals surface area (Å²) in [5.74, 6) is 0.146. The standard InChI is InChI=1S/C13H19NO/c1-4-12(14)8-13(15)11-6-5-9(2)10(3)7-11/h5-7,12H,4,8,14H2,1-3H3. The lowest BCUT2D eigenvalue weighted by Crippen LogP contribution is -2.22. The van der Waals surface area contributed by atoms with E-state index in [9.17, 15) is 4.79 Å². The highest BCUT2D eigenvalue weighted by Crippen LogP contribution is 2.12. The Hall–Kier alpha value is -1.15. The normalized spacial score (nSPS) is 12.5. The number of aryl methyl sites for hydroxylation is 2. The van der Waals surface area contributed by atoms with E-state index in [4.69, 9.17) is 5.73 Å². The fourth-order valence-electron chi connectivity index (χ4n) is 1.42. The molecule has 0 radical (unpaired) electrons. The van der Waals surface area contributed by atoms with Crippen LogP contribution in [0.5, 0.6) is 0 Å². The van der Waals surface area contributed by atoms with Gasteiger partial charge in [0, 0.05) is 18.0 Å². The molecule has 0 saturated carbocycles. The molecule has 0 fully saturated rings. The molecule has 1 rings (SSSR count). The van der Waals surface area contributed by atoms with E-state index in [-0.39, 0.29) is 11.8 Å². The smallest absolute Gasteiger partial charge is 0.164 e. The molecule has 1 unspecified atom stereocenters. The van der Waals surface area contributed by atoms with Crippen LogP contribution in [0.4, 0.5) is 0 Å². The molecule has 0 aliphatic carbocycles. The van der Waals surface area contributed by atoms with Crippen LogP contribution in [0.25, 0.3) is 0 Å². The van der Waals surface area contributed by atoms with Crippen LogP contribution in [0.15, 0.2) is 18.2 Å². The minimum atomic E-state index is -0.0147. The fourth-order valence-corrected chi connectivity index (χ4v) is 1.42. The first-order valence-corrected chi connectivity index (χ1v) is 5.40. The SMILES string of the molecule is CCC(N)CC(=O)c1ccc(C)c(C)c1. The molecule has 1 atom stereocenters. The van der Waals surface area contributed by atoms with Crippen LogP contribution < -0.4 is 5.73 Å².